The Bertz CT molecular complexity index is 472. The zero-order valence-electron chi connectivity index (χ0n) is 14.2. The number of rotatable bonds is 5. The molecule has 1 aliphatic heterocycles. The highest BCUT2D eigenvalue weighted by Gasteiger charge is 2.32. The largest absolute Gasteiger partial charge is 0.367 e. The molecule has 0 bridgehead atoms. The molecule has 2 rings (SSSR count). The van der Waals surface area contributed by atoms with E-state index in [1.165, 1.54) is 5.69 Å². The van der Waals surface area contributed by atoms with E-state index in [4.69, 9.17) is 4.98 Å². The minimum atomic E-state index is 0.363. The Morgan fingerprint density at radius 1 is 1.38 bits per heavy atom. The molecular formula is C16H29N5. The molecule has 5 heteroatoms. The zero-order chi connectivity index (χ0) is 15.6. The van der Waals surface area contributed by atoms with Crippen molar-refractivity contribution >= 4 is 5.69 Å². The summed E-state index contributed by atoms with van der Waals surface area (Å²) in [5.74, 6) is 1.95. The molecule has 0 aliphatic carbocycles. The van der Waals surface area contributed by atoms with E-state index in [0.717, 1.165) is 31.2 Å². The van der Waals surface area contributed by atoms with Gasteiger partial charge in [0.25, 0.3) is 0 Å². The number of likely N-dealkylation sites (N-methyl/N-ethyl adjacent to an activating group) is 1. The van der Waals surface area contributed by atoms with Crippen LogP contribution in [0.25, 0.3) is 0 Å². The summed E-state index contributed by atoms with van der Waals surface area (Å²) in [6, 6.07) is 0.595. The third-order valence-electron chi connectivity index (χ3n) is 4.30. The second kappa shape index (κ2) is 6.71. The van der Waals surface area contributed by atoms with E-state index in [9.17, 15) is 0 Å². The van der Waals surface area contributed by atoms with Crippen molar-refractivity contribution in [2.75, 3.05) is 39.1 Å². The summed E-state index contributed by atoms with van der Waals surface area (Å²) in [6.45, 7) is 9.51. The summed E-state index contributed by atoms with van der Waals surface area (Å²) in [5, 5.41) is 3.23. The molecule has 21 heavy (non-hydrogen) atoms. The lowest BCUT2D eigenvalue weighted by Gasteiger charge is -2.24. The first kappa shape index (κ1) is 16.2. The number of anilines is 1. The lowest BCUT2D eigenvalue weighted by atomic mass is 10.1. The molecule has 1 N–H and O–H groups in total. The van der Waals surface area contributed by atoms with Crippen molar-refractivity contribution in [3.8, 4) is 0 Å². The fourth-order valence-corrected chi connectivity index (χ4v) is 3.08. The highest BCUT2D eigenvalue weighted by molar-refractivity contribution is 5.50. The van der Waals surface area contributed by atoms with Gasteiger partial charge in [0, 0.05) is 31.6 Å². The standard InChI is InChI=1S/C16H29N5/c1-11(2)16-18-8-14(13(19-16)7-17-4)21-9-12(3)15(10-21)20(5)6/h8,11-12,15,17H,7,9-10H2,1-6H3. The molecular weight excluding hydrogens is 262 g/mol. The Kier molecular flexibility index (Phi) is 5.17. The SMILES string of the molecule is CNCc1nc(C(C)C)ncc1N1CC(C)C(N(C)C)C1. The van der Waals surface area contributed by atoms with Crippen molar-refractivity contribution in [3.63, 3.8) is 0 Å². The molecule has 0 aromatic carbocycles. The highest BCUT2D eigenvalue weighted by atomic mass is 15.3. The smallest absolute Gasteiger partial charge is 0.131 e. The summed E-state index contributed by atoms with van der Waals surface area (Å²) in [6.07, 6.45) is 2.01. The predicted octanol–water partition coefficient (Wildman–Crippen LogP) is 1.71. The predicted molar refractivity (Wildman–Crippen MR) is 87.7 cm³/mol. The normalized spacial score (nSPS) is 22.6. The summed E-state index contributed by atoms with van der Waals surface area (Å²) in [4.78, 5) is 14.1. The van der Waals surface area contributed by atoms with E-state index in [2.05, 4.69) is 55.0 Å². The molecule has 2 heterocycles. The van der Waals surface area contributed by atoms with E-state index in [0.29, 0.717) is 17.9 Å². The minimum absolute atomic E-state index is 0.363. The van der Waals surface area contributed by atoms with Crippen LogP contribution < -0.4 is 10.2 Å². The molecule has 0 radical (unpaired) electrons. The summed E-state index contributed by atoms with van der Waals surface area (Å²) in [5.41, 5.74) is 2.30. The Balaban J connectivity index is 2.27. The van der Waals surface area contributed by atoms with Crippen molar-refractivity contribution in [2.24, 2.45) is 5.92 Å². The van der Waals surface area contributed by atoms with Crippen LogP contribution in [-0.4, -0.2) is 55.1 Å². The topological polar surface area (TPSA) is 44.3 Å². The van der Waals surface area contributed by atoms with Crippen LogP contribution in [0, 0.1) is 5.92 Å². The average molecular weight is 291 g/mol. The van der Waals surface area contributed by atoms with Gasteiger partial charge in [-0.15, -0.1) is 0 Å². The van der Waals surface area contributed by atoms with Gasteiger partial charge in [0.1, 0.15) is 5.82 Å². The molecule has 1 saturated heterocycles. The van der Waals surface area contributed by atoms with Crippen LogP contribution in [0.1, 0.15) is 38.2 Å². The van der Waals surface area contributed by atoms with Crippen molar-refractivity contribution in [1.82, 2.24) is 20.2 Å². The lowest BCUT2D eigenvalue weighted by Crippen LogP contribution is -2.34. The molecule has 0 amide bonds. The first-order valence-electron chi connectivity index (χ1n) is 7.85. The molecule has 0 spiro atoms. The molecule has 1 fully saturated rings. The van der Waals surface area contributed by atoms with Crippen LogP contribution in [0.15, 0.2) is 6.20 Å². The van der Waals surface area contributed by atoms with Crippen molar-refractivity contribution < 1.29 is 0 Å². The van der Waals surface area contributed by atoms with Gasteiger partial charge in [-0.3, -0.25) is 0 Å². The Morgan fingerprint density at radius 2 is 2.10 bits per heavy atom. The summed E-state index contributed by atoms with van der Waals surface area (Å²) >= 11 is 0. The van der Waals surface area contributed by atoms with E-state index >= 15 is 0 Å². The number of aromatic nitrogens is 2. The van der Waals surface area contributed by atoms with Crippen LogP contribution in [-0.2, 0) is 6.54 Å². The Hall–Kier alpha value is -1.20. The van der Waals surface area contributed by atoms with Crippen molar-refractivity contribution in [1.29, 1.82) is 0 Å². The maximum atomic E-state index is 4.77. The zero-order valence-corrected chi connectivity index (χ0v) is 14.2. The molecule has 1 aromatic rings. The number of hydrogen-bond acceptors (Lipinski definition) is 5. The van der Waals surface area contributed by atoms with E-state index < -0.39 is 0 Å². The second-order valence-corrected chi connectivity index (χ2v) is 6.66. The van der Waals surface area contributed by atoms with Gasteiger partial charge in [0.15, 0.2) is 0 Å². The van der Waals surface area contributed by atoms with Gasteiger partial charge in [-0.1, -0.05) is 20.8 Å². The van der Waals surface area contributed by atoms with Crippen molar-refractivity contribution in [2.45, 2.75) is 39.3 Å². The van der Waals surface area contributed by atoms with Gasteiger partial charge in [0.05, 0.1) is 17.6 Å². The fraction of sp³-hybridized carbons (Fsp3) is 0.750. The Morgan fingerprint density at radius 3 is 2.62 bits per heavy atom. The number of nitrogens with zero attached hydrogens (tertiary/aromatic N) is 4. The van der Waals surface area contributed by atoms with E-state index in [1.54, 1.807) is 0 Å². The van der Waals surface area contributed by atoms with Crippen LogP contribution in [0.3, 0.4) is 0 Å². The Labute approximate surface area is 128 Å². The first-order chi connectivity index (χ1) is 9.93. The molecule has 2 atom stereocenters. The van der Waals surface area contributed by atoms with Crippen molar-refractivity contribution in [3.05, 3.63) is 17.7 Å². The van der Waals surface area contributed by atoms with Gasteiger partial charge in [-0.05, 0) is 27.1 Å². The maximum absolute atomic E-state index is 4.77. The lowest BCUT2D eigenvalue weighted by molar-refractivity contribution is 0.266. The number of hydrogen-bond donors (Lipinski definition) is 1. The van der Waals surface area contributed by atoms with E-state index in [1.807, 2.05) is 13.2 Å². The van der Waals surface area contributed by atoms with Crippen LogP contribution in [0.2, 0.25) is 0 Å². The highest BCUT2D eigenvalue weighted by Crippen LogP contribution is 2.28. The minimum Gasteiger partial charge on any atom is -0.367 e. The average Bonchev–Trinajstić information content (AvgIpc) is 2.81. The maximum Gasteiger partial charge on any atom is 0.131 e. The van der Waals surface area contributed by atoms with Gasteiger partial charge in [0.2, 0.25) is 0 Å². The van der Waals surface area contributed by atoms with Gasteiger partial charge < -0.3 is 15.1 Å². The van der Waals surface area contributed by atoms with Gasteiger partial charge in [-0.25, -0.2) is 9.97 Å². The number of nitrogens with one attached hydrogen (secondary N) is 1. The third kappa shape index (κ3) is 3.52. The monoisotopic (exact) mass is 291 g/mol. The molecule has 118 valence electrons. The van der Waals surface area contributed by atoms with Gasteiger partial charge >= 0.3 is 0 Å². The van der Waals surface area contributed by atoms with Crippen LogP contribution in [0.4, 0.5) is 5.69 Å². The fourth-order valence-electron chi connectivity index (χ4n) is 3.08. The summed E-state index contributed by atoms with van der Waals surface area (Å²) in [7, 11) is 6.30. The molecule has 2 unspecified atom stereocenters. The van der Waals surface area contributed by atoms with E-state index in [-0.39, 0.29) is 0 Å². The van der Waals surface area contributed by atoms with Crippen LogP contribution >= 0.6 is 0 Å². The second-order valence-electron chi connectivity index (χ2n) is 6.66. The molecule has 0 saturated carbocycles. The molecule has 5 nitrogen and oxygen atoms in total. The van der Waals surface area contributed by atoms with Crippen LogP contribution in [0.5, 0.6) is 0 Å². The third-order valence-corrected chi connectivity index (χ3v) is 4.30. The molecule has 1 aromatic heterocycles. The first-order valence-corrected chi connectivity index (χ1v) is 7.85. The summed E-state index contributed by atoms with van der Waals surface area (Å²) < 4.78 is 0. The van der Waals surface area contributed by atoms with Gasteiger partial charge in [-0.2, -0.15) is 0 Å². The quantitative estimate of drug-likeness (QED) is 0.894. The molecule has 1 aliphatic rings.